The maximum absolute atomic E-state index is 5.84. The summed E-state index contributed by atoms with van der Waals surface area (Å²) in [6.45, 7) is 18.4. The molecule has 0 saturated carbocycles. The van der Waals surface area contributed by atoms with Crippen LogP contribution in [0.3, 0.4) is 0 Å². The summed E-state index contributed by atoms with van der Waals surface area (Å²) in [5.74, 6) is 2.72. The quantitative estimate of drug-likeness (QED) is 0.698. The Labute approximate surface area is 124 Å². The molecule has 0 bridgehead atoms. The Bertz CT molecular complexity index is 407. The molecule has 1 heterocycles. The van der Waals surface area contributed by atoms with Crippen LogP contribution < -0.4 is 5.32 Å². The molecule has 1 aromatic heterocycles. The molecule has 114 valence electrons. The van der Waals surface area contributed by atoms with Gasteiger partial charge < -0.3 is 9.73 Å². The van der Waals surface area contributed by atoms with Crippen molar-refractivity contribution < 1.29 is 4.42 Å². The fourth-order valence-corrected chi connectivity index (χ4v) is 2.16. The molecule has 1 rings (SSSR count). The fourth-order valence-electron chi connectivity index (χ4n) is 2.16. The van der Waals surface area contributed by atoms with Crippen LogP contribution in [0.1, 0.15) is 44.8 Å². The van der Waals surface area contributed by atoms with E-state index in [1.807, 2.05) is 13.0 Å². The van der Waals surface area contributed by atoms with Crippen LogP contribution in [0.2, 0.25) is 0 Å². The third-order valence-electron chi connectivity index (χ3n) is 3.39. The van der Waals surface area contributed by atoms with Crippen LogP contribution in [-0.4, -0.2) is 24.0 Å². The molecule has 0 amide bonds. The molecule has 3 nitrogen and oxygen atoms in total. The van der Waals surface area contributed by atoms with Crippen LogP contribution in [0, 0.1) is 12.8 Å². The first kappa shape index (κ1) is 17.0. The Morgan fingerprint density at radius 1 is 1.35 bits per heavy atom. The van der Waals surface area contributed by atoms with Gasteiger partial charge in [-0.2, -0.15) is 0 Å². The van der Waals surface area contributed by atoms with E-state index < -0.39 is 0 Å². The van der Waals surface area contributed by atoms with Crippen molar-refractivity contribution in [3.05, 3.63) is 35.8 Å². The summed E-state index contributed by atoms with van der Waals surface area (Å²) < 4.78 is 5.84. The van der Waals surface area contributed by atoms with Gasteiger partial charge in [0.25, 0.3) is 0 Å². The van der Waals surface area contributed by atoms with Crippen molar-refractivity contribution in [3.63, 3.8) is 0 Å². The van der Waals surface area contributed by atoms with E-state index in [-0.39, 0.29) is 0 Å². The van der Waals surface area contributed by atoms with Crippen molar-refractivity contribution >= 4 is 0 Å². The number of hydrogen-bond acceptors (Lipinski definition) is 3. The van der Waals surface area contributed by atoms with Crippen molar-refractivity contribution in [2.24, 2.45) is 5.92 Å². The lowest BCUT2D eigenvalue weighted by atomic mass is 10.2. The molecule has 0 saturated heterocycles. The first-order valence-corrected chi connectivity index (χ1v) is 7.57. The monoisotopic (exact) mass is 278 g/mol. The van der Waals surface area contributed by atoms with Crippen molar-refractivity contribution in [1.29, 1.82) is 0 Å². The van der Waals surface area contributed by atoms with E-state index in [1.165, 1.54) is 5.56 Å². The highest BCUT2D eigenvalue weighted by Crippen LogP contribution is 2.18. The van der Waals surface area contributed by atoms with Crippen molar-refractivity contribution in [1.82, 2.24) is 10.2 Å². The first-order valence-electron chi connectivity index (χ1n) is 7.57. The molecule has 0 unspecified atom stereocenters. The molecule has 20 heavy (non-hydrogen) atoms. The Balaban J connectivity index is 2.62. The van der Waals surface area contributed by atoms with Crippen LogP contribution in [-0.2, 0) is 13.1 Å². The predicted molar refractivity (Wildman–Crippen MR) is 85.7 cm³/mol. The molecule has 3 heteroatoms. The highest BCUT2D eigenvalue weighted by molar-refractivity contribution is 5.21. The van der Waals surface area contributed by atoms with Gasteiger partial charge in [-0.1, -0.05) is 19.9 Å². The number of rotatable bonds is 9. The van der Waals surface area contributed by atoms with Gasteiger partial charge in [-0.15, -0.1) is 6.58 Å². The van der Waals surface area contributed by atoms with Crippen LogP contribution in [0.25, 0.3) is 0 Å². The van der Waals surface area contributed by atoms with E-state index in [2.05, 4.69) is 50.6 Å². The second-order valence-electron chi connectivity index (χ2n) is 6.13. The van der Waals surface area contributed by atoms with Gasteiger partial charge in [0, 0.05) is 24.7 Å². The molecule has 0 spiro atoms. The van der Waals surface area contributed by atoms with Gasteiger partial charge in [0.15, 0.2) is 0 Å². The van der Waals surface area contributed by atoms with Crippen molar-refractivity contribution in [2.45, 2.75) is 53.8 Å². The molecule has 0 aromatic carbocycles. The third kappa shape index (κ3) is 5.51. The van der Waals surface area contributed by atoms with Crippen LogP contribution in [0.5, 0.6) is 0 Å². The highest BCUT2D eigenvalue weighted by atomic mass is 16.3. The zero-order valence-electron chi connectivity index (χ0n) is 13.7. The van der Waals surface area contributed by atoms with E-state index in [4.69, 9.17) is 4.42 Å². The molecule has 1 N–H and O–H groups in total. The molecule has 0 radical (unpaired) electrons. The minimum Gasteiger partial charge on any atom is -0.465 e. The third-order valence-corrected chi connectivity index (χ3v) is 3.39. The second kappa shape index (κ2) is 8.28. The molecule has 0 aliphatic carbocycles. The summed E-state index contributed by atoms with van der Waals surface area (Å²) in [6, 6.07) is 2.69. The standard InChI is InChI=1S/C17H30N2O/c1-7-8-19(14(4)5)12-16-9-17(20-15(16)6)11-18-10-13(2)3/h7,9,13-14,18H,1,8,10-12H2,2-6H3. The number of furan rings is 1. The average molecular weight is 278 g/mol. The van der Waals surface area contributed by atoms with Gasteiger partial charge in [-0.05, 0) is 39.3 Å². The molecule has 0 aliphatic heterocycles. The van der Waals surface area contributed by atoms with E-state index in [0.29, 0.717) is 12.0 Å². The summed E-state index contributed by atoms with van der Waals surface area (Å²) in [4.78, 5) is 2.39. The first-order chi connectivity index (χ1) is 9.43. The van der Waals surface area contributed by atoms with E-state index in [9.17, 15) is 0 Å². The smallest absolute Gasteiger partial charge is 0.118 e. The molecular weight excluding hydrogens is 248 g/mol. The minimum absolute atomic E-state index is 0.504. The van der Waals surface area contributed by atoms with Gasteiger partial charge in [-0.3, -0.25) is 4.90 Å². The van der Waals surface area contributed by atoms with Gasteiger partial charge in [0.2, 0.25) is 0 Å². The highest BCUT2D eigenvalue weighted by Gasteiger charge is 2.13. The molecule has 1 aromatic rings. The van der Waals surface area contributed by atoms with Gasteiger partial charge in [-0.25, -0.2) is 0 Å². The van der Waals surface area contributed by atoms with Crippen LogP contribution >= 0.6 is 0 Å². The summed E-state index contributed by atoms with van der Waals surface area (Å²) >= 11 is 0. The summed E-state index contributed by atoms with van der Waals surface area (Å²) in [6.07, 6.45) is 1.96. The Kier molecular flexibility index (Phi) is 7.03. The van der Waals surface area contributed by atoms with Crippen molar-refractivity contribution in [3.8, 4) is 0 Å². The molecule has 0 aliphatic rings. The lowest BCUT2D eigenvalue weighted by Crippen LogP contribution is -2.30. The van der Waals surface area contributed by atoms with E-state index in [0.717, 1.165) is 37.7 Å². The van der Waals surface area contributed by atoms with E-state index in [1.54, 1.807) is 0 Å². The Morgan fingerprint density at radius 2 is 2.05 bits per heavy atom. The predicted octanol–water partition coefficient (Wildman–Crippen LogP) is 3.73. The maximum atomic E-state index is 5.84. The van der Waals surface area contributed by atoms with Gasteiger partial charge in [0.1, 0.15) is 11.5 Å². The number of aryl methyl sites for hydroxylation is 1. The zero-order valence-corrected chi connectivity index (χ0v) is 13.7. The topological polar surface area (TPSA) is 28.4 Å². The summed E-state index contributed by atoms with van der Waals surface area (Å²) in [5.41, 5.74) is 1.28. The zero-order chi connectivity index (χ0) is 15.1. The molecule has 0 atom stereocenters. The van der Waals surface area contributed by atoms with Crippen molar-refractivity contribution in [2.75, 3.05) is 13.1 Å². The molecule has 0 fully saturated rings. The normalized spacial score (nSPS) is 11.8. The SMILES string of the molecule is C=CCN(Cc1cc(CNCC(C)C)oc1C)C(C)C. The molecular formula is C17H30N2O. The summed E-state index contributed by atoms with van der Waals surface area (Å²) in [5, 5.41) is 3.42. The van der Waals surface area contributed by atoms with E-state index >= 15 is 0 Å². The summed E-state index contributed by atoms with van der Waals surface area (Å²) in [7, 11) is 0. The minimum atomic E-state index is 0.504. The Hall–Kier alpha value is -1.06. The number of hydrogen-bond donors (Lipinski definition) is 1. The maximum Gasteiger partial charge on any atom is 0.118 e. The van der Waals surface area contributed by atoms with Crippen LogP contribution in [0.4, 0.5) is 0 Å². The van der Waals surface area contributed by atoms with Crippen LogP contribution in [0.15, 0.2) is 23.1 Å². The lowest BCUT2D eigenvalue weighted by molar-refractivity contribution is 0.236. The lowest BCUT2D eigenvalue weighted by Gasteiger charge is -2.24. The average Bonchev–Trinajstić information content (AvgIpc) is 2.69. The number of nitrogens with one attached hydrogen (secondary N) is 1. The number of nitrogens with zero attached hydrogens (tertiary/aromatic N) is 1. The second-order valence-corrected chi connectivity index (χ2v) is 6.13. The fraction of sp³-hybridized carbons (Fsp3) is 0.647. The van der Waals surface area contributed by atoms with Gasteiger partial charge >= 0.3 is 0 Å². The Morgan fingerprint density at radius 3 is 2.60 bits per heavy atom. The largest absolute Gasteiger partial charge is 0.465 e. The van der Waals surface area contributed by atoms with Gasteiger partial charge in [0.05, 0.1) is 6.54 Å².